The molecule has 0 aliphatic carbocycles. The predicted octanol–water partition coefficient (Wildman–Crippen LogP) is 2.18. The molecular formula is C15H20O3S. The van der Waals surface area contributed by atoms with Crippen LogP contribution in [0.1, 0.15) is 12.0 Å². The number of aliphatic hydroxyl groups excluding tert-OH is 1. The van der Waals surface area contributed by atoms with Crippen LogP contribution in [0.2, 0.25) is 0 Å². The van der Waals surface area contributed by atoms with E-state index in [0.29, 0.717) is 13.0 Å². The molecule has 0 unspecified atom stereocenters. The van der Waals surface area contributed by atoms with Gasteiger partial charge in [0.15, 0.2) is 0 Å². The molecule has 0 aliphatic rings. The fourth-order valence-electron chi connectivity index (χ4n) is 1.32. The highest BCUT2D eigenvalue weighted by Crippen LogP contribution is 2.12. The van der Waals surface area contributed by atoms with Crippen molar-refractivity contribution < 1.29 is 14.6 Å². The topological polar surface area (TPSA) is 38.7 Å². The lowest BCUT2D eigenvalue weighted by Crippen LogP contribution is -2.02. The molecule has 0 aliphatic heterocycles. The normalized spacial score (nSPS) is 9.79. The molecule has 3 nitrogen and oxygen atoms in total. The summed E-state index contributed by atoms with van der Waals surface area (Å²) in [7, 11) is 1.71. The third-order valence-electron chi connectivity index (χ3n) is 2.25. The summed E-state index contributed by atoms with van der Waals surface area (Å²) in [4.78, 5) is 0. The van der Waals surface area contributed by atoms with Crippen LogP contribution in [0, 0.1) is 11.8 Å². The number of benzene rings is 1. The lowest BCUT2D eigenvalue weighted by Gasteiger charge is -2.05. The zero-order valence-corrected chi connectivity index (χ0v) is 12.0. The summed E-state index contributed by atoms with van der Waals surface area (Å²) in [6, 6.07) is 7.70. The van der Waals surface area contributed by atoms with Crippen LogP contribution in [-0.2, 0) is 4.74 Å². The van der Waals surface area contributed by atoms with Crippen molar-refractivity contribution in [3.8, 4) is 17.6 Å². The fraction of sp³-hybridized carbons (Fsp3) is 0.467. The second kappa shape index (κ2) is 10.7. The van der Waals surface area contributed by atoms with Crippen LogP contribution >= 0.6 is 11.8 Å². The molecule has 0 saturated carbocycles. The molecule has 0 atom stereocenters. The zero-order chi connectivity index (χ0) is 13.8. The van der Waals surface area contributed by atoms with E-state index in [2.05, 4.69) is 11.8 Å². The van der Waals surface area contributed by atoms with Gasteiger partial charge in [0, 0.05) is 30.6 Å². The summed E-state index contributed by atoms with van der Waals surface area (Å²) < 4.78 is 10.6. The second-order valence-corrected chi connectivity index (χ2v) is 4.98. The van der Waals surface area contributed by atoms with Gasteiger partial charge in [0.2, 0.25) is 0 Å². The first-order valence-corrected chi connectivity index (χ1v) is 7.41. The van der Waals surface area contributed by atoms with Crippen molar-refractivity contribution >= 4 is 11.8 Å². The van der Waals surface area contributed by atoms with E-state index >= 15 is 0 Å². The quantitative estimate of drug-likeness (QED) is 0.585. The van der Waals surface area contributed by atoms with Gasteiger partial charge in [-0.25, -0.2) is 0 Å². The third kappa shape index (κ3) is 7.78. The second-order valence-electron chi connectivity index (χ2n) is 3.75. The average Bonchev–Trinajstić information content (AvgIpc) is 2.44. The van der Waals surface area contributed by atoms with Gasteiger partial charge < -0.3 is 14.6 Å². The predicted molar refractivity (Wildman–Crippen MR) is 79.7 cm³/mol. The van der Waals surface area contributed by atoms with Crippen molar-refractivity contribution in [2.75, 3.05) is 38.4 Å². The number of methoxy groups -OCH3 is 1. The highest BCUT2D eigenvalue weighted by Gasteiger charge is 1.94. The molecule has 0 spiro atoms. The lowest BCUT2D eigenvalue weighted by atomic mass is 10.2. The molecule has 0 aromatic heterocycles. The molecule has 1 aromatic carbocycles. The maximum atomic E-state index is 8.63. The Kier molecular flexibility index (Phi) is 8.99. The van der Waals surface area contributed by atoms with E-state index in [-0.39, 0.29) is 6.61 Å². The summed E-state index contributed by atoms with van der Waals surface area (Å²) in [5, 5.41) is 8.63. The average molecular weight is 280 g/mol. The first-order valence-electron chi connectivity index (χ1n) is 6.26. The van der Waals surface area contributed by atoms with Crippen LogP contribution in [-0.4, -0.2) is 43.5 Å². The van der Waals surface area contributed by atoms with E-state index in [4.69, 9.17) is 14.6 Å². The van der Waals surface area contributed by atoms with Crippen molar-refractivity contribution in [1.29, 1.82) is 0 Å². The Labute approximate surface area is 119 Å². The molecule has 0 radical (unpaired) electrons. The van der Waals surface area contributed by atoms with E-state index in [0.717, 1.165) is 29.4 Å². The van der Waals surface area contributed by atoms with Gasteiger partial charge in [-0.2, -0.15) is 11.8 Å². The zero-order valence-electron chi connectivity index (χ0n) is 11.2. The number of thioether (sulfide) groups is 1. The highest BCUT2D eigenvalue weighted by molar-refractivity contribution is 7.99. The highest BCUT2D eigenvalue weighted by atomic mass is 32.2. The minimum atomic E-state index is 0.106. The van der Waals surface area contributed by atoms with Crippen LogP contribution < -0.4 is 4.74 Å². The molecule has 0 amide bonds. The Balaban J connectivity index is 2.23. The standard InChI is InChI=1S/C15H20O3S/c1-17-10-12-19-13-11-18-15-7-5-14(6-8-15)4-2-3-9-16/h5-8,16H,3,9-13H2,1H3. The molecule has 0 fully saturated rings. The maximum absolute atomic E-state index is 8.63. The molecule has 19 heavy (non-hydrogen) atoms. The molecule has 4 heteroatoms. The minimum absolute atomic E-state index is 0.106. The summed E-state index contributed by atoms with van der Waals surface area (Å²) in [5.74, 6) is 8.69. The molecule has 1 rings (SSSR count). The number of aliphatic hydroxyl groups is 1. The number of hydrogen-bond donors (Lipinski definition) is 1. The van der Waals surface area contributed by atoms with E-state index in [1.807, 2.05) is 36.0 Å². The van der Waals surface area contributed by atoms with E-state index in [1.54, 1.807) is 7.11 Å². The van der Waals surface area contributed by atoms with E-state index in [1.165, 1.54) is 0 Å². The van der Waals surface area contributed by atoms with Crippen LogP contribution in [0.3, 0.4) is 0 Å². The van der Waals surface area contributed by atoms with Gasteiger partial charge in [-0.3, -0.25) is 0 Å². The molecule has 0 heterocycles. The first-order chi connectivity index (χ1) is 9.36. The van der Waals surface area contributed by atoms with Crippen molar-refractivity contribution in [2.45, 2.75) is 6.42 Å². The van der Waals surface area contributed by atoms with Gasteiger partial charge in [-0.1, -0.05) is 11.8 Å². The first kappa shape index (κ1) is 15.9. The largest absolute Gasteiger partial charge is 0.493 e. The number of rotatable bonds is 8. The van der Waals surface area contributed by atoms with Gasteiger partial charge in [0.25, 0.3) is 0 Å². The SMILES string of the molecule is COCCSCCOc1ccc(C#CCCO)cc1. The van der Waals surface area contributed by atoms with Gasteiger partial charge in [-0.15, -0.1) is 0 Å². The third-order valence-corrected chi connectivity index (χ3v) is 3.16. The van der Waals surface area contributed by atoms with Crippen molar-refractivity contribution in [3.05, 3.63) is 29.8 Å². The maximum Gasteiger partial charge on any atom is 0.119 e. The van der Waals surface area contributed by atoms with E-state index in [9.17, 15) is 0 Å². The van der Waals surface area contributed by atoms with Gasteiger partial charge in [0.05, 0.1) is 19.8 Å². The van der Waals surface area contributed by atoms with Crippen LogP contribution in [0.15, 0.2) is 24.3 Å². The molecule has 104 valence electrons. The van der Waals surface area contributed by atoms with Gasteiger partial charge >= 0.3 is 0 Å². The summed E-state index contributed by atoms with van der Waals surface area (Å²) in [5.41, 5.74) is 0.940. The molecule has 1 aromatic rings. The van der Waals surface area contributed by atoms with Gasteiger partial charge in [-0.05, 0) is 24.3 Å². The summed E-state index contributed by atoms with van der Waals surface area (Å²) in [6.07, 6.45) is 0.511. The van der Waals surface area contributed by atoms with E-state index < -0.39 is 0 Å². The monoisotopic (exact) mass is 280 g/mol. The summed E-state index contributed by atoms with van der Waals surface area (Å²) in [6.45, 7) is 1.59. The van der Waals surface area contributed by atoms with Crippen molar-refractivity contribution in [2.24, 2.45) is 0 Å². The Morgan fingerprint density at radius 2 is 1.89 bits per heavy atom. The van der Waals surface area contributed by atoms with Crippen LogP contribution in [0.4, 0.5) is 0 Å². The van der Waals surface area contributed by atoms with Crippen LogP contribution in [0.5, 0.6) is 5.75 Å². The minimum Gasteiger partial charge on any atom is -0.493 e. The Morgan fingerprint density at radius 1 is 1.16 bits per heavy atom. The molecular weight excluding hydrogens is 260 g/mol. The number of hydrogen-bond acceptors (Lipinski definition) is 4. The molecule has 1 N–H and O–H groups in total. The van der Waals surface area contributed by atoms with Crippen molar-refractivity contribution in [1.82, 2.24) is 0 Å². The smallest absolute Gasteiger partial charge is 0.119 e. The fourth-order valence-corrected chi connectivity index (χ4v) is 2.01. The Bertz CT molecular complexity index is 392. The van der Waals surface area contributed by atoms with Gasteiger partial charge in [0.1, 0.15) is 5.75 Å². The lowest BCUT2D eigenvalue weighted by molar-refractivity contribution is 0.218. The van der Waals surface area contributed by atoms with Crippen LogP contribution in [0.25, 0.3) is 0 Å². The molecule has 0 bridgehead atoms. The summed E-state index contributed by atoms with van der Waals surface area (Å²) >= 11 is 1.82. The molecule has 0 saturated heterocycles. The Hall–Kier alpha value is -1.15. The number of ether oxygens (including phenoxy) is 2. The Morgan fingerprint density at radius 3 is 2.58 bits per heavy atom. The van der Waals surface area contributed by atoms with Crippen molar-refractivity contribution in [3.63, 3.8) is 0 Å².